The van der Waals surface area contributed by atoms with Crippen LogP contribution >= 0.6 is 11.8 Å². The van der Waals surface area contributed by atoms with Crippen molar-refractivity contribution in [3.05, 3.63) is 48.2 Å². The fourth-order valence-corrected chi connectivity index (χ4v) is 4.34. The number of carbonyl (C=O) groups is 1. The highest BCUT2D eigenvalue weighted by atomic mass is 32.2. The SMILES string of the molecule is O=C(Cc1ccc(Sc2nc(Nc3ccn[nH]3)cc(N3CCNCC3)n2)cc1)C1CC1. The number of aromatic nitrogens is 4. The Bertz CT molecular complexity index is 1030. The fraction of sp³-hybridized carbons (Fsp3) is 0.364. The second-order valence-corrected chi connectivity index (χ2v) is 8.93. The Morgan fingerprint density at radius 3 is 2.65 bits per heavy atom. The Labute approximate surface area is 185 Å². The molecule has 3 aromatic rings. The van der Waals surface area contributed by atoms with E-state index in [9.17, 15) is 4.79 Å². The normalized spacial score (nSPS) is 16.3. The summed E-state index contributed by atoms with van der Waals surface area (Å²) in [7, 11) is 0. The zero-order chi connectivity index (χ0) is 21.0. The molecule has 160 valence electrons. The number of ketones is 1. The smallest absolute Gasteiger partial charge is 0.196 e. The average Bonchev–Trinajstić information content (AvgIpc) is 3.53. The number of piperazine rings is 1. The summed E-state index contributed by atoms with van der Waals surface area (Å²) < 4.78 is 0. The molecule has 1 aliphatic heterocycles. The Morgan fingerprint density at radius 1 is 1.13 bits per heavy atom. The lowest BCUT2D eigenvalue weighted by atomic mass is 10.1. The monoisotopic (exact) mass is 435 g/mol. The lowest BCUT2D eigenvalue weighted by Crippen LogP contribution is -2.44. The Balaban J connectivity index is 1.34. The maximum atomic E-state index is 12.1. The Kier molecular flexibility index (Phi) is 5.86. The van der Waals surface area contributed by atoms with Crippen molar-refractivity contribution in [2.75, 3.05) is 36.4 Å². The van der Waals surface area contributed by atoms with Gasteiger partial charge in [0, 0.05) is 55.5 Å². The van der Waals surface area contributed by atoms with Gasteiger partial charge in [0.05, 0.1) is 6.20 Å². The van der Waals surface area contributed by atoms with Crippen LogP contribution in [0.15, 0.2) is 52.6 Å². The largest absolute Gasteiger partial charge is 0.354 e. The van der Waals surface area contributed by atoms with Crippen molar-refractivity contribution in [2.24, 2.45) is 5.92 Å². The van der Waals surface area contributed by atoms with E-state index in [-0.39, 0.29) is 0 Å². The van der Waals surface area contributed by atoms with Crippen molar-refractivity contribution >= 4 is 35.0 Å². The first kappa shape index (κ1) is 20.0. The minimum atomic E-state index is 0.302. The van der Waals surface area contributed by atoms with Crippen molar-refractivity contribution in [2.45, 2.75) is 29.3 Å². The first-order valence-electron chi connectivity index (χ1n) is 10.6. The van der Waals surface area contributed by atoms with E-state index >= 15 is 0 Å². The van der Waals surface area contributed by atoms with Crippen LogP contribution in [0.1, 0.15) is 18.4 Å². The third kappa shape index (κ3) is 5.23. The second kappa shape index (κ2) is 9.07. The van der Waals surface area contributed by atoms with Crippen LogP contribution in [0.25, 0.3) is 0 Å². The molecule has 2 fully saturated rings. The van der Waals surface area contributed by atoms with Gasteiger partial charge < -0.3 is 15.5 Å². The van der Waals surface area contributed by atoms with Crippen molar-refractivity contribution < 1.29 is 4.79 Å². The average molecular weight is 436 g/mol. The summed E-state index contributed by atoms with van der Waals surface area (Å²) in [5.74, 6) is 3.08. The molecule has 2 aliphatic rings. The predicted octanol–water partition coefficient (Wildman–Crippen LogP) is 3.03. The number of hydrogen-bond donors (Lipinski definition) is 3. The summed E-state index contributed by atoms with van der Waals surface area (Å²) in [6, 6.07) is 12.0. The van der Waals surface area contributed by atoms with Crippen molar-refractivity contribution in [3.8, 4) is 0 Å². The van der Waals surface area contributed by atoms with Crippen LogP contribution in [0.4, 0.5) is 17.5 Å². The van der Waals surface area contributed by atoms with Gasteiger partial charge in [0.1, 0.15) is 23.2 Å². The van der Waals surface area contributed by atoms with Crippen molar-refractivity contribution in [3.63, 3.8) is 0 Å². The third-order valence-electron chi connectivity index (χ3n) is 5.44. The molecule has 2 aromatic heterocycles. The lowest BCUT2D eigenvalue weighted by Gasteiger charge is -2.28. The van der Waals surface area contributed by atoms with Gasteiger partial charge in [-0.05, 0) is 42.3 Å². The molecule has 1 aliphatic carbocycles. The van der Waals surface area contributed by atoms with E-state index in [1.54, 1.807) is 6.20 Å². The third-order valence-corrected chi connectivity index (χ3v) is 6.31. The summed E-state index contributed by atoms with van der Waals surface area (Å²) in [6.07, 6.45) is 4.35. The Morgan fingerprint density at radius 2 is 1.94 bits per heavy atom. The number of aromatic amines is 1. The van der Waals surface area contributed by atoms with Gasteiger partial charge in [0.25, 0.3) is 0 Å². The van der Waals surface area contributed by atoms with E-state index in [1.165, 1.54) is 11.8 Å². The molecule has 1 aromatic carbocycles. The summed E-state index contributed by atoms with van der Waals surface area (Å²) in [6.45, 7) is 3.70. The number of Topliss-reactive ketones (excluding diaryl/α,β-unsaturated/α-hetero) is 1. The summed E-state index contributed by atoms with van der Waals surface area (Å²) >= 11 is 1.52. The zero-order valence-corrected chi connectivity index (χ0v) is 18.0. The van der Waals surface area contributed by atoms with Gasteiger partial charge in [-0.15, -0.1) is 0 Å². The molecule has 0 amide bonds. The van der Waals surface area contributed by atoms with Crippen LogP contribution < -0.4 is 15.5 Å². The topological polar surface area (TPSA) is 98.8 Å². The maximum absolute atomic E-state index is 12.1. The summed E-state index contributed by atoms with van der Waals surface area (Å²) in [5.41, 5.74) is 1.07. The maximum Gasteiger partial charge on any atom is 0.196 e. The number of nitrogens with one attached hydrogen (secondary N) is 3. The lowest BCUT2D eigenvalue weighted by molar-refractivity contribution is -0.119. The van der Waals surface area contributed by atoms with E-state index in [1.807, 2.05) is 36.4 Å². The highest BCUT2D eigenvalue weighted by molar-refractivity contribution is 7.99. The highest BCUT2D eigenvalue weighted by Gasteiger charge is 2.29. The van der Waals surface area contributed by atoms with E-state index in [0.29, 0.717) is 23.3 Å². The molecule has 9 heteroatoms. The number of benzene rings is 1. The van der Waals surface area contributed by atoms with Gasteiger partial charge in [-0.3, -0.25) is 9.89 Å². The first-order chi connectivity index (χ1) is 15.2. The summed E-state index contributed by atoms with van der Waals surface area (Å²) in [5, 5.41) is 14.2. The van der Waals surface area contributed by atoms with E-state index in [4.69, 9.17) is 9.97 Å². The van der Waals surface area contributed by atoms with Crippen LogP contribution in [0.3, 0.4) is 0 Å². The quantitative estimate of drug-likeness (QED) is 0.465. The van der Waals surface area contributed by atoms with E-state index in [0.717, 1.165) is 66.9 Å². The second-order valence-electron chi connectivity index (χ2n) is 7.89. The molecule has 1 saturated carbocycles. The number of rotatable bonds is 8. The zero-order valence-electron chi connectivity index (χ0n) is 17.2. The summed E-state index contributed by atoms with van der Waals surface area (Å²) in [4.78, 5) is 24.9. The van der Waals surface area contributed by atoms with Crippen molar-refractivity contribution in [1.29, 1.82) is 0 Å². The van der Waals surface area contributed by atoms with Gasteiger partial charge in [-0.1, -0.05) is 12.1 Å². The van der Waals surface area contributed by atoms with Crippen LogP contribution in [0.2, 0.25) is 0 Å². The number of hydrogen-bond acceptors (Lipinski definition) is 8. The molecular formula is C22H25N7OS. The first-order valence-corrected chi connectivity index (χ1v) is 11.5. The van der Waals surface area contributed by atoms with Crippen LogP contribution in [0, 0.1) is 5.92 Å². The standard InChI is InChI=1S/C22H25N7OS/c30-18(16-3-4-16)13-15-1-5-17(6-2-15)31-22-26-20(25-19-7-8-24-28-19)14-21(27-22)29-11-9-23-10-12-29/h1-2,5-8,14,16,23H,3-4,9-13H2,(H2,24,25,26,27,28). The van der Waals surface area contributed by atoms with Gasteiger partial charge in [-0.2, -0.15) is 5.10 Å². The van der Waals surface area contributed by atoms with Crippen molar-refractivity contribution in [1.82, 2.24) is 25.5 Å². The Hall–Kier alpha value is -2.91. The van der Waals surface area contributed by atoms with Gasteiger partial charge in [0.2, 0.25) is 0 Å². The molecule has 8 nitrogen and oxygen atoms in total. The van der Waals surface area contributed by atoms with Crippen LogP contribution in [-0.4, -0.2) is 52.1 Å². The molecule has 0 unspecified atom stereocenters. The predicted molar refractivity (Wildman–Crippen MR) is 121 cm³/mol. The fourth-order valence-electron chi connectivity index (χ4n) is 3.57. The highest BCUT2D eigenvalue weighted by Crippen LogP contribution is 2.32. The molecule has 0 spiro atoms. The van der Waals surface area contributed by atoms with E-state index in [2.05, 4.69) is 25.7 Å². The molecular weight excluding hydrogens is 410 g/mol. The number of carbonyl (C=O) groups excluding carboxylic acids is 1. The molecule has 0 radical (unpaired) electrons. The number of anilines is 3. The molecule has 3 N–H and O–H groups in total. The van der Waals surface area contributed by atoms with Crippen LogP contribution in [0.5, 0.6) is 0 Å². The van der Waals surface area contributed by atoms with Gasteiger partial charge >= 0.3 is 0 Å². The van der Waals surface area contributed by atoms with Gasteiger partial charge in [0.15, 0.2) is 5.16 Å². The molecule has 0 atom stereocenters. The molecule has 5 rings (SSSR count). The van der Waals surface area contributed by atoms with Gasteiger partial charge in [-0.25, -0.2) is 9.97 Å². The van der Waals surface area contributed by atoms with E-state index < -0.39 is 0 Å². The molecule has 31 heavy (non-hydrogen) atoms. The number of nitrogens with zero attached hydrogens (tertiary/aromatic N) is 4. The minimum absolute atomic E-state index is 0.302. The van der Waals surface area contributed by atoms with Crippen LogP contribution in [-0.2, 0) is 11.2 Å². The molecule has 0 bridgehead atoms. The minimum Gasteiger partial charge on any atom is -0.354 e. The molecule has 3 heterocycles. The molecule has 1 saturated heterocycles. The number of H-pyrrole nitrogens is 1.